The third-order valence-corrected chi connectivity index (χ3v) is 3.03. The van der Waals surface area contributed by atoms with Crippen LogP contribution in [-0.4, -0.2) is 26.8 Å². The highest BCUT2D eigenvalue weighted by molar-refractivity contribution is 5.66. The van der Waals surface area contributed by atoms with Gasteiger partial charge < -0.3 is 9.47 Å². The minimum Gasteiger partial charge on any atom is -0.352 e. The Morgan fingerprint density at radius 1 is 1.00 bits per heavy atom. The first-order valence-corrected chi connectivity index (χ1v) is 7.04. The lowest BCUT2D eigenvalue weighted by Crippen LogP contribution is -2.16. The number of ether oxygens (including phenoxy) is 2. The molecule has 0 aromatic heterocycles. The van der Waals surface area contributed by atoms with E-state index in [9.17, 15) is 4.79 Å². The summed E-state index contributed by atoms with van der Waals surface area (Å²) < 4.78 is 10.4. The summed E-state index contributed by atoms with van der Waals surface area (Å²) in [4.78, 5) is 10.6. The number of aldehydes is 1. The molecular weight excluding hydrogens is 252 g/mol. The number of methoxy groups -OCH3 is 2. The Kier molecular flexibility index (Phi) is 10.9. The Hall–Kier alpha value is -1.19. The number of hydrogen-bond donors (Lipinski definition) is 0. The van der Waals surface area contributed by atoms with E-state index in [0.29, 0.717) is 0 Å². The summed E-state index contributed by atoms with van der Waals surface area (Å²) in [5.41, 5.74) is 3.61. The molecule has 0 radical (unpaired) electrons. The lowest BCUT2D eigenvalue weighted by molar-refractivity contribution is -0.104. The van der Waals surface area contributed by atoms with Gasteiger partial charge in [0.25, 0.3) is 0 Å². The fourth-order valence-corrected chi connectivity index (χ4v) is 1.94. The van der Waals surface area contributed by atoms with Gasteiger partial charge >= 0.3 is 0 Å². The summed E-state index contributed by atoms with van der Waals surface area (Å²) in [5, 5.41) is 0. The minimum atomic E-state index is -0.431. The molecule has 114 valence electrons. The first kappa shape index (κ1) is 18.8. The van der Waals surface area contributed by atoms with Gasteiger partial charge in [-0.1, -0.05) is 23.3 Å². The van der Waals surface area contributed by atoms with Crippen LogP contribution in [0.3, 0.4) is 0 Å². The molecule has 20 heavy (non-hydrogen) atoms. The Balaban J connectivity index is 4.32. The lowest BCUT2D eigenvalue weighted by atomic mass is 10.1. The second kappa shape index (κ2) is 11.6. The van der Waals surface area contributed by atoms with E-state index in [1.807, 2.05) is 0 Å². The Morgan fingerprint density at radius 3 is 2.10 bits per heavy atom. The van der Waals surface area contributed by atoms with Gasteiger partial charge in [0.2, 0.25) is 0 Å². The number of hydrogen-bond acceptors (Lipinski definition) is 3. The van der Waals surface area contributed by atoms with Crippen LogP contribution in [0.5, 0.6) is 0 Å². The molecule has 0 bridgehead atoms. The van der Waals surface area contributed by atoms with Gasteiger partial charge in [-0.25, -0.2) is 0 Å². The molecule has 0 spiro atoms. The molecule has 0 N–H and O–H groups in total. The topological polar surface area (TPSA) is 35.5 Å². The normalized spacial score (nSPS) is 12.7. The van der Waals surface area contributed by atoms with Crippen LogP contribution in [0, 0.1) is 0 Å². The van der Waals surface area contributed by atoms with E-state index in [0.717, 1.165) is 37.5 Å². The van der Waals surface area contributed by atoms with Crippen LogP contribution in [-0.2, 0) is 14.3 Å². The van der Waals surface area contributed by atoms with Crippen molar-refractivity contribution in [1.29, 1.82) is 0 Å². The van der Waals surface area contributed by atoms with Crippen LogP contribution >= 0.6 is 0 Å². The van der Waals surface area contributed by atoms with Crippen LogP contribution < -0.4 is 0 Å². The summed E-state index contributed by atoms with van der Waals surface area (Å²) in [6.45, 7) is 6.38. The molecule has 3 nitrogen and oxygen atoms in total. The summed E-state index contributed by atoms with van der Waals surface area (Å²) in [5.74, 6) is 0. The first-order valence-electron chi connectivity index (χ1n) is 7.04. The van der Waals surface area contributed by atoms with Crippen LogP contribution in [0.1, 0.15) is 46.5 Å². The second-order valence-corrected chi connectivity index (χ2v) is 5.09. The van der Waals surface area contributed by atoms with E-state index in [2.05, 4.69) is 32.9 Å². The number of carbonyl (C=O) groups is 1. The van der Waals surface area contributed by atoms with Crippen molar-refractivity contribution in [3.8, 4) is 0 Å². The zero-order valence-electron chi connectivity index (χ0n) is 13.4. The van der Waals surface area contributed by atoms with Gasteiger partial charge in [-0.15, -0.1) is 0 Å². The molecular formula is C17H28O3. The molecule has 0 amide bonds. The molecule has 0 saturated carbocycles. The van der Waals surface area contributed by atoms with E-state index < -0.39 is 6.29 Å². The van der Waals surface area contributed by atoms with Crippen LogP contribution in [0.25, 0.3) is 0 Å². The molecule has 0 fully saturated rings. The highest BCUT2D eigenvalue weighted by Crippen LogP contribution is 2.16. The van der Waals surface area contributed by atoms with E-state index in [1.165, 1.54) is 17.2 Å². The van der Waals surface area contributed by atoms with Crippen molar-refractivity contribution in [2.24, 2.45) is 0 Å². The van der Waals surface area contributed by atoms with Crippen molar-refractivity contribution in [1.82, 2.24) is 0 Å². The SMILES string of the molecule is COC(OC)/C(=C\C=O)CC/C=C(\C)CCC=C(C)C. The molecule has 0 saturated heterocycles. The fraction of sp³-hybridized carbons (Fsp3) is 0.588. The van der Waals surface area contributed by atoms with Gasteiger partial charge in [0, 0.05) is 14.2 Å². The first-order chi connectivity index (χ1) is 9.54. The minimum absolute atomic E-state index is 0.431. The predicted octanol–water partition coefficient (Wildman–Crippen LogP) is 4.20. The van der Waals surface area contributed by atoms with Gasteiger partial charge in [-0.2, -0.15) is 0 Å². The molecule has 0 heterocycles. The van der Waals surface area contributed by atoms with Crippen molar-refractivity contribution in [3.05, 3.63) is 34.9 Å². The standard InChI is InChI=1S/C17H28O3/c1-14(2)8-6-9-15(3)10-7-11-16(12-13-18)17(19-4)20-5/h8,10,12-13,17H,6-7,9,11H2,1-5H3/b15-10+,16-12-. The van der Waals surface area contributed by atoms with Crippen molar-refractivity contribution in [2.75, 3.05) is 14.2 Å². The zero-order valence-corrected chi connectivity index (χ0v) is 13.4. The van der Waals surface area contributed by atoms with Crippen molar-refractivity contribution >= 4 is 6.29 Å². The number of allylic oxidation sites excluding steroid dienone is 5. The van der Waals surface area contributed by atoms with Gasteiger partial charge in [-0.05, 0) is 58.1 Å². The van der Waals surface area contributed by atoms with Crippen molar-refractivity contribution in [2.45, 2.75) is 52.7 Å². The number of rotatable bonds is 10. The van der Waals surface area contributed by atoms with Crippen LogP contribution in [0.4, 0.5) is 0 Å². The Bertz CT molecular complexity index is 356. The molecule has 0 aliphatic rings. The summed E-state index contributed by atoms with van der Waals surface area (Å²) in [7, 11) is 3.15. The highest BCUT2D eigenvalue weighted by atomic mass is 16.7. The van der Waals surface area contributed by atoms with Gasteiger partial charge in [0.05, 0.1) is 0 Å². The van der Waals surface area contributed by atoms with E-state index in [1.54, 1.807) is 14.2 Å². The smallest absolute Gasteiger partial charge is 0.179 e. The van der Waals surface area contributed by atoms with Crippen LogP contribution in [0.2, 0.25) is 0 Å². The average molecular weight is 280 g/mol. The molecule has 0 aliphatic carbocycles. The van der Waals surface area contributed by atoms with Crippen molar-refractivity contribution < 1.29 is 14.3 Å². The number of carbonyl (C=O) groups excluding carboxylic acids is 1. The molecule has 0 aromatic rings. The quantitative estimate of drug-likeness (QED) is 0.260. The Morgan fingerprint density at radius 2 is 1.60 bits per heavy atom. The van der Waals surface area contributed by atoms with E-state index >= 15 is 0 Å². The molecule has 3 heteroatoms. The highest BCUT2D eigenvalue weighted by Gasteiger charge is 2.11. The molecule has 0 aromatic carbocycles. The summed E-state index contributed by atoms with van der Waals surface area (Å²) in [6.07, 6.45) is 10.2. The summed E-state index contributed by atoms with van der Waals surface area (Å²) >= 11 is 0. The summed E-state index contributed by atoms with van der Waals surface area (Å²) in [6, 6.07) is 0. The molecule has 0 aliphatic heterocycles. The van der Waals surface area contributed by atoms with Crippen LogP contribution in [0.15, 0.2) is 34.9 Å². The second-order valence-electron chi connectivity index (χ2n) is 5.09. The molecule has 0 unspecified atom stereocenters. The average Bonchev–Trinajstić information content (AvgIpc) is 2.39. The monoisotopic (exact) mass is 280 g/mol. The van der Waals surface area contributed by atoms with Gasteiger partial charge in [0.15, 0.2) is 6.29 Å². The van der Waals surface area contributed by atoms with Gasteiger partial charge in [0.1, 0.15) is 6.29 Å². The van der Waals surface area contributed by atoms with Gasteiger partial charge in [-0.3, -0.25) is 4.79 Å². The maximum absolute atomic E-state index is 10.6. The van der Waals surface area contributed by atoms with E-state index in [4.69, 9.17) is 9.47 Å². The third-order valence-electron chi connectivity index (χ3n) is 3.03. The predicted molar refractivity (Wildman–Crippen MR) is 83.6 cm³/mol. The lowest BCUT2D eigenvalue weighted by Gasteiger charge is -2.16. The maximum atomic E-state index is 10.6. The molecule has 0 atom stereocenters. The zero-order chi connectivity index (χ0) is 15.4. The molecule has 0 rings (SSSR count). The largest absolute Gasteiger partial charge is 0.352 e. The van der Waals surface area contributed by atoms with Crippen molar-refractivity contribution in [3.63, 3.8) is 0 Å². The Labute approximate surface area is 123 Å². The third kappa shape index (κ3) is 8.83. The maximum Gasteiger partial charge on any atom is 0.179 e. The van der Waals surface area contributed by atoms with E-state index in [-0.39, 0.29) is 0 Å². The fourth-order valence-electron chi connectivity index (χ4n) is 1.94.